The predicted octanol–water partition coefficient (Wildman–Crippen LogP) is 5.91. The molecule has 0 amide bonds. The number of methoxy groups -OCH3 is 2. The van der Waals surface area contributed by atoms with Crippen molar-refractivity contribution in [2.75, 3.05) is 14.2 Å². The average molecular weight is 505 g/mol. The van der Waals surface area contributed by atoms with Crippen molar-refractivity contribution in [3.8, 4) is 17.2 Å². The predicted molar refractivity (Wildman–Crippen MR) is 142 cm³/mol. The van der Waals surface area contributed by atoms with Crippen molar-refractivity contribution in [2.24, 2.45) is 0 Å². The van der Waals surface area contributed by atoms with Crippen LogP contribution in [0.3, 0.4) is 0 Å². The van der Waals surface area contributed by atoms with Crippen LogP contribution >= 0.6 is 11.3 Å². The van der Waals surface area contributed by atoms with E-state index in [0.29, 0.717) is 44.4 Å². The van der Waals surface area contributed by atoms with Crippen molar-refractivity contribution in [3.05, 3.63) is 81.8 Å². The number of benzene rings is 2. The topological polar surface area (TPSA) is 86.7 Å². The van der Waals surface area contributed by atoms with E-state index in [0.717, 1.165) is 35.8 Å². The smallest absolute Gasteiger partial charge is 0.263 e. The lowest BCUT2D eigenvalue weighted by Gasteiger charge is -2.13. The standard InChI is InChI=1S/C28H28N2O5S/c1-4-5-7-18-10-11-20(31)26-24(18)25-27(36-26)29-23(30(28(25)32)16-19-8-6-13-35-19)15-17-9-12-21(33-2)22(14-17)34-3/h6,8-14,31H,4-5,7,15-16H2,1-3H3. The van der Waals surface area contributed by atoms with Gasteiger partial charge in [0.25, 0.3) is 5.56 Å². The van der Waals surface area contributed by atoms with Crippen LogP contribution in [0.25, 0.3) is 20.3 Å². The highest BCUT2D eigenvalue weighted by Crippen LogP contribution is 2.39. The number of rotatable bonds is 9. The summed E-state index contributed by atoms with van der Waals surface area (Å²) in [6.07, 6.45) is 4.89. The fraction of sp³-hybridized carbons (Fsp3) is 0.286. The highest BCUT2D eigenvalue weighted by Gasteiger charge is 2.21. The summed E-state index contributed by atoms with van der Waals surface area (Å²) in [4.78, 5) is 19.7. The van der Waals surface area contributed by atoms with Crippen LogP contribution in [-0.4, -0.2) is 28.9 Å². The van der Waals surface area contributed by atoms with E-state index < -0.39 is 0 Å². The summed E-state index contributed by atoms with van der Waals surface area (Å²) in [5, 5.41) is 12.0. The Balaban J connectivity index is 1.72. The third-order valence-corrected chi connectivity index (χ3v) is 7.50. The van der Waals surface area contributed by atoms with E-state index in [1.165, 1.54) is 11.3 Å². The summed E-state index contributed by atoms with van der Waals surface area (Å²) in [5.41, 5.74) is 1.85. The number of aryl methyl sites for hydroxylation is 1. The lowest BCUT2D eigenvalue weighted by Crippen LogP contribution is -2.25. The van der Waals surface area contributed by atoms with Crippen LogP contribution in [0.1, 0.15) is 42.5 Å². The van der Waals surface area contributed by atoms with E-state index in [9.17, 15) is 9.90 Å². The molecular formula is C28H28N2O5S. The number of hydrogen-bond acceptors (Lipinski definition) is 7. The number of unbranched alkanes of at least 4 members (excludes halogenated alkanes) is 1. The lowest BCUT2D eigenvalue weighted by molar-refractivity contribution is 0.354. The van der Waals surface area contributed by atoms with Gasteiger partial charge in [0, 0.05) is 11.8 Å². The molecule has 3 heterocycles. The number of nitrogens with zero attached hydrogens (tertiary/aromatic N) is 2. The van der Waals surface area contributed by atoms with Gasteiger partial charge >= 0.3 is 0 Å². The SMILES string of the molecule is CCCCc1ccc(O)c2sc3nc(Cc4ccc(OC)c(OC)c4)n(Cc4ccco4)c(=O)c3c12. The molecule has 2 aromatic carbocycles. The molecule has 0 unspecified atom stereocenters. The number of aromatic hydroxyl groups is 1. The van der Waals surface area contributed by atoms with Crippen molar-refractivity contribution >= 4 is 31.6 Å². The van der Waals surface area contributed by atoms with Gasteiger partial charge in [0.2, 0.25) is 0 Å². The minimum atomic E-state index is -0.138. The lowest BCUT2D eigenvalue weighted by atomic mass is 10.0. The summed E-state index contributed by atoms with van der Waals surface area (Å²) in [6.45, 7) is 2.40. The number of ether oxygens (including phenoxy) is 2. The third-order valence-electron chi connectivity index (χ3n) is 6.39. The summed E-state index contributed by atoms with van der Waals surface area (Å²) in [6, 6.07) is 13.0. The van der Waals surface area contributed by atoms with Crippen molar-refractivity contribution in [3.63, 3.8) is 0 Å². The largest absolute Gasteiger partial charge is 0.506 e. The van der Waals surface area contributed by atoms with Crippen LogP contribution in [0.2, 0.25) is 0 Å². The van der Waals surface area contributed by atoms with Gasteiger partial charge in [-0.2, -0.15) is 0 Å². The average Bonchev–Trinajstić information content (AvgIpc) is 3.54. The van der Waals surface area contributed by atoms with Gasteiger partial charge in [0.15, 0.2) is 11.5 Å². The monoisotopic (exact) mass is 504 g/mol. The number of phenolic OH excluding ortho intramolecular Hbond substituents is 1. The molecule has 0 bridgehead atoms. The van der Waals surface area contributed by atoms with E-state index in [4.69, 9.17) is 18.9 Å². The van der Waals surface area contributed by atoms with Crippen LogP contribution in [0.4, 0.5) is 0 Å². The Morgan fingerprint density at radius 3 is 2.64 bits per heavy atom. The van der Waals surface area contributed by atoms with Gasteiger partial charge in [-0.15, -0.1) is 11.3 Å². The van der Waals surface area contributed by atoms with E-state index in [-0.39, 0.29) is 17.9 Å². The zero-order chi connectivity index (χ0) is 25.2. The molecule has 0 atom stereocenters. The molecule has 186 valence electrons. The summed E-state index contributed by atoms with van der Waals surface area (Å²) < 4.78 is 18.8. The first kappa shape index (κ1) is 23.9. The molecule has 0 aliphatic rings. The summed E-state index contributed by atoms with van der Waals surface area (Å²) in [5.74, 6) is 2.70. The van der Waals surface area contributed by atoms with Gasteiger partial charge in [-0.3, -0.25) is 9.36 Å². The van der Waals surface area contributed by atoms with Gasteiger partial charge in [0.05, 0.1) is 37.1 Å². The Kier molecular flexibility index (Phi) is 6.69. The van der Waals surface area contributed by atoms with Gasteiger partial charge in [-0.1, -0.05) is 25.5 Å². The van der Waals surface area contributed by atoms with Gasteiger partial charge in [-0.25, -0.2) is 4.98 Å². The van der Waals surface area contributed by atoms with Crippen LogP contribution in [0.15, 0.2) is 57.9 Å². The first-order valence-corrected chi connectivity index (χ1v) is 12.8. The number of aromatic nitrogens is 2. The first-order chi connectivity index (χ1) is 17.5. The summed E-state index contributed by atoms with van der Waals surface area (Å²) >= 11 is 1.36. The highest BCUT2D eigenvalue weighted by molar-refractivity contribution is 7.25. The Labute approximate surface area is 212 Å². The first-order valence-electron chi connectivity index (χ1n) is 11.9. The Morgan fingerprint density at radius 1 is 1.08 bits per heavy atom. The fourth-order valence-corrected chi connectivity index (χ4v) is 5.70. The minimum Gasteiger partial charge on any atom is -0.506 e. The van der Waals surface area contributed by atoms with Crippen LogP contribution in [0.5, 0.6) is 17.2 Å². The van der Waals surface area contributed by atoms with E-state index in [1.807, 2.05) is 30.3 Å². The van der Waals surface area contributed by atoms with Crippen LogP contribution in [-0.2, 0) is 19.4 Å². The molecule has 0 saturated heterocycles. The third kappa shape index (κ3) is 4.33. The number of fused-ring (bicyclic) bond motifs is 3. The second-order valence-corrected chi connectivity index (χ2v) is 9.70. The molecule has 5 aromatic rings. The van der Waals surface area contributed by atoms with E-state index in [1.54, 1.807) is 37.2 Å². The van der Waals surface area contributed by atoms with Crippen LogP contribution in [0, 0.1) is 0 Å². The van der Waals surface area contributed by atoms with Crippen LogP contribution < -0.4 is 15.0 Å². The molecule has 1 N–H and O–H groups in total. The molecule has 5 rings (SSSR count). The maximum absolute atomic E-state index is 14.1. The molecule has 36 heavy (non-hydrogen) atoms. The fourth-order valence-electron chi connectivity index (χ4n) is 4.56. The maximum atomic E-state index is 14.1. The minimum absolute atomic E-state index is 0.138. The van der Waals surface area contributed by atoms with Crippen molar-refractivity contribution < 1.29 is 19.0 Å². The Bertz CT molecular complexity index is 1580. The van der Waals surface area contributed by atoms with E-state index in [2.05, 4.69) is 6.92 Å². The number of hydrogen-bond donors (Lipinski definition) is 1. The van der Waals surface area contributed by atoms with Crippen molar-refractivity contribution in [1.29, 1.82) is 0 Å². The molecule has 0 aliphatic heterocycles. The van der Waals surface area contributed by atoms with Gasteiger partial charge in [0.1, 0.15) is 22.2 Å². The molecule has 0 saturated carbocycles. The van der Waals surface area contributed by atoms with Crippen molar-refractivity contribution in [1.82, 2.24) is 9.55 Å². The maximum Gasteiger partial charge on any atom is 0.263 e. The molecule has 3 aromatic heterocycles. The van der Waals surface area contributed by atoms with Gasteiger partial charge < -0.3 is 19.0 Å². The van der Waals surface area contributed by atoms with Crippen molar-refractivity contribution in [2.45, 2.75) is 39.2 Å². The second-order valence-electron chi connectivity index (χ2n) is 8.70. The molecule has 0 radical (unpaired) electrons. The number of thiophene rings is 1. The number of furan rings is 1. The molecule has 0 aliphatic carbocycles. The molecule has 8 heteroatoms. The molecule has 0 spiro atoms. The zero-order valence-electron chi connectivity index (χ0n) is 20.5. The second kappa shape index (κ2) is 10.1. The molecule has 0 fully saturated rings. The highest BCUT2D eigenvalue weighted by atomic mass is 32.1. The zero-order valence-corrected chi connectivity index (χ0v) is 21.4. The van der Waals surface area contributed by atoms with Gasteiger partial charge in [-0.05, 0) is 54.3 Å². The van der Waals surface area contributed by atoms with E-state index >= 15 is 0 Å². The molecular weight excluding hydrogens is 476 g/mol. The summed E-state index contributed by atoms with van der Waals surface area (Å²) in [7, 11) is 3.19. The quantitative estimate of drug-likeness (QED) is 0.269. The Hall–Kier alpha value is -3.78. The Morgan fingerprint density at radius 2 is 1.92 bits per heavy atom. The normalized spacial score (nSPS) is 11.4. The number of phenols is 1. The molecule has 7 nitrogen and oxygen atoms in total.